The molecule has 21 heavy (non-hydrogen) atoms. The van der Waals surface area contributed by atoms with Crippen LogP contribution in [0.2, 0.25) is 0 Å². The molecule has 0 bridgehead atoms. The molecule has 0 heterocycles. The van der Waals surface area contributed by atoms with E-state index in [-0.39, 0.29) is 0 Å². The van der Waals surface area contributed by atoms with Crippen molar-refractivity contribution in [2.24, 2.45) is 5.92 Å². The van der Waals surface area contributed by atoms with Crippen LogP contribution in [0, 0.1) is 5.92 Å². The number of aromatic carboxylic acids is 1. The highest BCUT2D eigenvalue weighted by atomic mass is 16.4. The Morgan fingerprint density at radius 3 is 2.52 bits per heavy atom. The number of rotatable bonds is 5. The van der Waals surface area contributed by atoms with E-state index in [0.29, 0.717) is 5.56 Å². The van der Waals surface area contributed by atoms with Gasteiger partial charge in [0.25, 0.3) is 0 Å². The number of benzene rings is 2. The van der Waals surface area contributed by atoms with Crippen LogP contribution in [-0.4, -0.2) is 17.6 Å². The van der Waals surface area contributed by atoms with E-state index in [1.54, 1.807) is 6.07 Å². The number of carbonyl (C=O) groups is 1. The van der Waals surface area contributed by atoms with Crippen molar-refractivity contribution in [2.45, 2.75) is 32.1 Å². The van der Waals surface area contributed by atoms with Crippen LogP contribution >= 0.6 is 0 Å². The second-order valence-electron chi connectivity index (χ2n) is 5.88. The zero-order valence-corrected chi connectivity index (χ0v) is 12.1. The Morgan fingerprint density at radius 1 is 1.10 bits per heavy atom. The number of anilines is 1. The maximum absolute atomic E-state index is 11.3. The minimum atomic E-state index is -0.872. The molecule has 0 aromatic heterocycles. The van der Waals surface area contributed by atoms with Gasteiger partial charge in [0.2, 0.25) is 0 Å². The molecule has 0 spiro atoms. The summed E-state index contributed by atoms with van der Waals surface area (Å²) in [5, 5.41) is 14.6. The number of nitrogens with one attached hydrogen (secondary N) is 1. The van der Waals surface area contributed by atoms with Crippen molar-refractivity contribution in [3.63, 3.8) is 0 Å². The van der Waals surface area contributed by atoms with Crippen LogP contribution in [-0.2, 0) is 0 Å². The van der Waals surface area contributed by atoms with Crippen LogP contribution in [0.5, 0.6) is 0 Å². The summed E-state index contributed by atoms with van der Waals surface area (Å²) in [6.45, 7) is 0.959. The molecule has 1 aliphatic rings. The van der Waals surface area contributed by atoms with Crippen LogP contribution in [0.25, 0.3) is 10.8 Å². The second kappa shape index (κ2) is 6.17. The predicted octanol–water partition coefficient (Wildman–Crippen LogP) is 4.53. The van der Waals surface area contributed by atoms with Gasteiger partial charge in [-0.3, -0.25) is 0 Å². The first kappa shape index (κ1) is 13.9. The van der Waals surface area contributed by atoms with E-state index < -0.39 is 5.97 Å². The molecule has 0 amide bonds. The minimum absolute atomic E-state index is 0.368. The van der Waals surface area contributed by atoms with Gasteiger partial charge in [-0.25, -0.2) is 4.79 Å². The van der Waals surface area contributed by atoms with E-state index in [4.69, 9.17) is 0 Å². The summed E-state index contributed by atoms with van der Waals surface area (Å²) in [5.41, 5.74) is 1.40. The lowest BCUT2D eigenvalue weighted by Crippen LogP contribution is -2.07. The van der Waals surface area contributed by atoms with E-state index in [1.807, 2.05) is 30.3 Å². The number of hydrogen-bond donors (Lipinski definition) is 2. The predicted molar refractivity (Wildman–Crippen MR) is 86.0 cm³/mol. The molecule has 2 N–H and O–H groups in total. The van der Waals surface area contributed by atoms with Crippen molar-refractivity contribution in [3.05, 3.63) is 42.0 Å². The number of hydrogen-bond acceptors (Lipinski definition) is 2. The van der Waals surface area contributed by atoms with Gasteiger partial charge >= 0.3 is 5.97 Å². The highest BCUT2D eigenvalue weighted by Crippen LogP contribution is 2.29. The summed E-state index contributed by atoms with van der Waals surface area (Å²) in [5.74, 6) is -0.00855. The Bertz CT molecular complexity index is 645. The fourth-order valence-corrected chi connectivity index (χ4v) is 3.35. The molecule has 1 aliphatic carbocycles. The third kappa shape index (κ3) is 3.02. The first-order valence-electron chi connectivity index (χ1n) is 7.74. The van der Waals surface area contributed by atoms with Gasteiger partial charge in [-0.15, -0.1) is 0 Å². The van der Waals surface area contributed by atoms with Crippen molar-refractivity contribution in [1.29, 1.82) is 0 Å². The molecular formula is C18H21NO2. The van der Waals surface area contributed by atoms with Gasteiger partial charge in [0.15, 0.2) is 0 Å². The minimum Gasteiger partial charge on any atom is -0.478 e. The Balaban J connectivity index is 1.79. The zero-order chi connectivity index (χ0) is 14.7. The molecule has 3 heteroatoms. The van der Waals surface area contributed by atoms with E-state index in [9.17, 15) is 9.90 Å². The second-order valence-corrected chi connectivity index (χ2v) is 5.88. The van der Waals surface area contributed by atoms with Crippen molar-refractivity contribution in [2.75, 3.05) is 11.9 Å². The van der Waals surface area contributed by atoms with Gasteiger partial charge in [0, 0.05) is 17.6 Å². The molecule has 1 fully saturated rings. The summed E-state index contributed by atoms with van der Waals surface area (Å²) in [6, 6.07) is 11.3. The molecule has 110 valence electrons. The van der Waals surface area contributed by atoms with E-state index in [2.05, 4.69) is 5.32 Å². The van der Waals surface area contributed by atoms with Gasteiger partial charge in [0.1, 0.15) is 0 Å². The molecule has 0 saturated heterocycles. The highest BCUT2D eigenvalue weighted by molar-refractivity contribution is 6.07. The lowest BCUT2D eigenvalue weighted by atomic mass is 10.0. The SMILES string of the molecule is O=C(O)c1ccc(NCCC2CCCC2)c2ccccc12. The average molecular weight is 283 g/mol. The summed E-state index contributed by atoms with van der Waals surface area (Å²) in [6.07, 6.45) is 6.68. The van der Waals surface area contributed by atoms with E-state index in [0.717, 1.165) is 28.9 Å². The number of fused-ring (bicyclic) bond motifs is 1. The molecule has 0 aliphatic heterocycles. The van der Waals surface area contributed by atoms with Crippen LogP contribution in [0.3, 0.4) is 0 Å². The third-order valence-electron chi connectivity index (χ3n) is 4.50. The van der Waals surface area contributed by atoms with Crippen LogP contribution in [0.4, 0.5) is 5.69 Å². The van der Waals surface area contributed by atoms with Gasteiger partial charge in [-0.1, -0.05) is 49.9 Å². The Hall–Kier alpha value is -2.03. The molecule has 3 nitrogen and oxygen atoms in total. The summed E-state index contributed by atoms with van der Waals surface area (Å²) < 4.78 is 0. The number of carboxylic acids is 1. The smallest absolute Gasteiger partial charge is 0.336 e. The molecule has 3 rings (SSSR count). The summed E-state index contributed by atoms with van der Waals surface area (Å²) in [4.78, 5) is 11.3. The first-order chi connectivity index (χ1) is 10.3. The average Bonchev–Trinajstić information content (AvgIpc) is 3.00. The lowest BCUT2D eigenvalue weighted by Gasteiger charge is -2.13. The zero-order valence-electron chi connectivity index (χ0n) is 12.1. The van der Waals surface area contributed by atoms with Crippen LogP contribution in [0.1, 0.15) is 42.5 Å². The van der Waals surface area contributed by atoms with Gasteiger partial charge in [-0.05, 0) is 29.9 Å². The Morgan fingerprint density at radius 2 is 1.81 bits per heavy atom. The normalized spacial score (nSPS) is 15.4. The quantitative estimate of drug-likeness (QED) is 0.847. The molecule has 2 aromatic carbocycles. The Labute approximate surface area is 125 Å². The maximum atomic E-state index is 11.3. The van der Waals surface area contributed by atoms with Gasteiger partial charge < -0.3 is 10.4 Å². The fraction of sp³-hybridized carbons (Fsp3) is 0.389. The molecule has 0 atom stereocenters. The Kier molecular flexibility index (Phi) is 4.09. The maximum Gasteiger partial charge on any atom is 0.336 e. The largest absolute Gasteiger partial charge is 0.478 e. The molecule has 0 radical (unpaired) electrons. The number of carboxylic acid groups (broad SMARTS) is 1. The molecule has 2 aromatic rings. The highest BCUT2D eigenvalue weighted by Gasteiger charge is 2.15. The standard InChI is InChI=1S/C18H21NO2/c20-18(21)16-9-10-17(15-8-4-3-7-14(15)16)19-12-11-13-5-1-2-6-13/h3-4,7-10,13,19H,1-2,5-6,11-12H2,(H,20,21). The van der Waals surface area contributed by atoms with E-state index in [1.165, 1.54) is 32.1 Å². The topological polar surface area (TPSA) is 49.3 Å². The summed E-state index contributed by atoms with van der Waals surface area (Å²) >= 11 is 0. The van der Waals surface area contributed by atoms with Crippen molar-refractivity contribution in [3.8, 4) is 0 Å². The van der Waals surface area contributed by atoms with Crippen molar-refractivity contribution < 1.29 is 9.90 Å². The molecular weight excluding hydrogens is 262 g/mol. The van der Waals surface area contributed by atoms with E-state index >= 15 is 0 Å². The molecule has 1 saturated carbocycles. The lowest BCUT2D eigenvalue weighted by molar-refractivity contribution is 0.0699. The third-order valence-corrected chi connectivity index (χ3v) is 4.50. The van der Waals surface area contributed by atoms with Crippen LogP contribution in [0.15, 0.2) is 36.4 Å². The van der Waals surface area contributed by atoms with Crippen molar-refractivity contribution in [1.82, 2.24) is 0 Å². The molecule has 0 unspecified atom stereocenters. The fourth-order valence-electron chi connectivity index (χ4n) is 3.35. The summed E-state index contributed by atoms with van der Waals surface area (Å²) in [7, 11) is 0. The van der Waals surface area contributed by atoms with Crippen LogP contribution < -0.4 is 5.32 Å². The van der Waals surface area contributed by atoms with Crippen molar-refractivity contribution >= 4 is 22.4 Å². The monoisotopic (exact) mass is 283 g/mol. The first-order valence-corrected chi connectivity index (χ1v) is 7.74. The van der Waals surface area contributed by atoms with Gasteiger partial charge in [-0.2, -0.15) is 0 Å². The van der Waals surface area contributed by atoms with Gasteiger partial charge in [0.05, 0.1) is 5.56 Å².